The minimum Gasteiger partial charge on any atom is -0.391 e. The van der Waals surface area contributed by atoms with Gasteiger partial charge in [0.05, 0.1) is 25.3 Å². The van der Waals surface area contributed by atoms with Gasteiger partial charge in [-0.25, -0.2) is 9.97 Å². The molecule has 0 saturated carbocycles. The Balaban J connectivity index is 1.90. The monoisotopic (exact) mass is 277 g/mol. The van der Waals surface area contributed by atoms with E-state index in [1.807, 2.05) is 0 Å². The first-order valence-corrected chi connectivity index (χ1v) is 7.33. The highest BCUT2D eigenvalue weighted by Gasteiger charge is 2.09. The number of fused-ring (bicyclic) bond motifs is 1. The predicted molar refractivity (Wildman–Crippen MR) is 77.1 cm³/mol. The minimum absolute atomic E-state index is 0.183. The van der Waals surface area contributed by atoms with Crippen LogP contribution in [0.3, 0.4) is 0 Å². The van der Waals surface area contributed by atoms with Crippen LogP contribution in [0, 0.1) is 5.41 Å². The standard InChI is InChI=1S/C14H23N5O/c1-2-3-4-5-6-7-11(20)8-19-10-18-13(15)12-14(19)17-9-16-12/h9-11,15,20H,2-8H2,1H3,(H,16,17). The molecule has 0 aliphatic carbocycles. The van der Waals surface area contributed by atoms with Gasteiger partial charge in [-0.05, 0) is 6.42 Å². The average molecular weight is 277 g/mol. The van der Waals surface area contributed by atoms with Gasteiger partial charge in [-0.1, -0.05) is 39.0 Å². The third-order valence-corrected chi connectivity index (χ3v) is 3.50. The van der Waals surface area contributed by atoms with E-state index >= 15 is 0 Å². The van der Waals surface area contributed by atoms with Gasteiger partial charge in [0.25, 0.3) is 0 Å². The second kappa shape index (κ2) is 7.19. The lowest BCUT2D eigenvalue weighted by molar-refractivity contribution is 0.141. The first-order chi connectivity index (χ1) is 9.72. The number of unbranched alkanes of at least 4 members (excludes halogenated alkanes) is 4. The normalized spacial score (nSPS) is 12.9. The highest BCUT2D eigenvalue weighted by atomic mass is 16.3. The molecule has 20 heavy (non-hydrogen) atoms. The Labute approximate surface area is 118 Å². The summed E-state index contributed by atoms with van der Waals surface area (Å²) in [5, 5.41) is 17.8. The molecule has 2 aromatic rings. The first-order valence-electron chi connectivity index (χ1n) is 7.33. The van der Waals surface area contributed by atoms with Crippen LogP contribution in [0.1, 0.15) is 45.4 Å². The molecule has 0 saturated heterocycles. The van der Waals surface area contributed by atoms with Crippen molar-refractivity contribution in [2.45, 2.75) is 58.1 Å². The second-order valence-corrected chi connectivity index (χ2v) is 5.20. The predicted octanol–water partition coefficient (Wildman–Crippen LogP) is 1.96. The third-order valence-electron chi connectivity index (χ3n) is 3.50. The maximum atomic E-state index is 10.1. The van der Waals surface area contributed by atoms with Crippen molar-refractivity contribution in [3.63, 3.8) is 0 Å². The molecule has 3 N–H and O–H groups in total. The van der Waals surface area contributed by atoms with Gasteiger partial charge in [-0.2, -0.15) is 0 Å². The van der Waals surface area contributed by atoms with E-state index in [1.165, 1.54) is 25.7 Å². The van der Waals surface area contributed by atoms with Crippen LogP contribution in [0.5, 0.6) is 0 Å². The number of H-pyrrole nitrogens is 1. The van der Waals surface area contributed by atoms with Crippen LogP contribution in [0.2, 0.25) is 0 Å². The van der Waals surface area contributed by atoms with Crippen molar-refractivity contribution < 1.29 is 5.11 Å². The first kappa shape index (κ1) is 14.7. The molecule has 0 spiro atoms. The Morgan fingerprint density at radius 3 is 2.90 bits per heavy atom. The Morgan fingerprint density at radius 2 is 2.10 bits per heavy atom. The zero-order chi connectivity index (χ0) is 14.4. The number of nitrogens with zero attached hydrogens (tertiary/aromatic N) is 3. The van der Waals surface area contributed by atoms with Gasteiger partial charge in [0.1, 0.15) is 5.52 Å². The van der Waals surface area contributed by atoms with Crippen LogP contribution in [-0.4, -0.2) is 30.7 Å². The summed E-state index contributed by atoms with van der Waals surface area (Å²) in [6, 6.07) is 0. The number of rotatable bonds is 8. The van der Waals surface area contributed by atoms with E-state index < -0.39 is 0 Å². The number of aromatic amines is 1. The topological polar surface area (TPSA) is 90.6 Å². The summed E-state index contributed by atoms with van der Waals surface area (Å²) in [7, 11) is 0. The number of aromatic nitrogens is 4. The third kappa shape index (κ3) is 3.66. The van der Waals surface area contributed by atoms with Gasteiger partial charge in [-0.3, -0.25) is 5.41 Å². The van der Waals surface area contributed by atoms with Gasteiger partial charge >= 0.3 is 0 Å². The quantitative estimate of drug-likeness (QED) is 0.644. The molecule has 6 nitrogen and oxygen atoms in total. The van der Waals surface area contributed by atoms with Crippen molar-refractivity contribution in [1.29, 1.82) is 5.41 Å². The highest BCUT2D eigenvalue weighted by Crippen LogP contribution is 2.10. The lowest BCUT2D eigenvalue weighted by Crippen LogP contribution is -2.20. The Kier molecular flexibility index (Phi) is 5.29. The van der Waals surface area contributed by atoms with Crippen molar-refractivity contribution in [3.05, 3.63) is 18.1 Å². The minimum atomic E-state index is -0.389. The number of nitrogens with one attached hydrogen (secondary N) is 2. The van der Waals surface area contributed by atoms with Gasteiger partial charge in [0, 0.05) is 0 Å². The fraction of sp³-hybridized carbons (Fsp3) is 0.643. The summed E-state index contributed by atoms with van der Waals surface area (Å²) in [4.78, 5) is 11.1. The summed E-state index contributed by atoms with van der Waals surface area (Å²) in [6.07, 6.45) is 9.52. The molecule has 110 valence electrons. The molecule has 0 aliphatic rings. The summed E-state index contributed by atoms with van der Waals surface area (Å²) in [5.41, 5.74) is 1.47. The largest absolute Gasteiger partial charge is 0.391 e. The SMILES string of the molecule is CCCCCCCC(O)Cn1cnc(=N)c2[nH]cnc21. The summed E-state index contributed by atoms with van der Waals surface area (Å²) >= 11 is 0. The number of imidazole rings is 1. The Hall–Kier alpha value is -1.69. The van der Waals surface area contributed by atoms with Crippen molar-refractivity contribution in [2.24, 2.45) is 0 Å². The van der Waals surface area contributed by atoms with Crippen LogP contribution in [0.4, 0.5) is 0 Å². The maximum Gasteiger partial charge on any atom is 0.173 e. The van der Waals surface area contributed by atoms with E-state index in [2.05, 4.69) is 21.9 Å². The molecule has 0 amide bonds. The van der Waals surface area contributed by atoms with Crippen molar-refractivity contribution in [2.75, 3.05) is 0 Å². The molecule has 0 fully saturated rings. The molecule has 2 rings (SSSR count). The summed E-state index contributed by atoms with van der Waals surface area (Å²) in [6.45, 7) is 2.67. The van der Waals surface area contributed by atoms with Gasteiger partial charge in [-0.15, -0.1) is 0 Å². The lowest BCUT2D eigenvalue weighted by Gasteiger charge is -2.13. The van der Waals surface area contributed by atoms with Crippen molar-refractivity contribution in [3.8, 4) is 0 Å². The molecule has 0 aliphatic heterocycles. The maximum absolute atomic E-state index is 10.1. The van der Waals surface area contributed by atoms with Crippen LogP contribution in [0.25, 0.3) is 11.2 Å². The molecule has 0 radical (unpaired) electrons. The van der Waals surface area contributed by atoms with Crippen molar-refractivity contribution >= 4 is 11.2 Å². The molecular weight excluding hydrogens is 254 g/mol. The highest BCUT2D eigenvalue weighted by molar-refractivity contribution is 5.68. The number of aliphatic hydroxyl groups excluding tert-OH is 1. The molecule has 1 atom stereocenters. The molecular formula is C14H23N5O. The Morgan fingerprint density at radius 1 is 1.30 bits per heavy atom. The molecule has 1 unspecified atom stereocenters. The summed E-state index contributed by atoms with van der Waals surface area (Å²) in [5.74, 6) is 0. The zero-order valence-corrected chi connectivity index (χ0v) is 12.0. The number of hydrogen-bond acceptors (Lipinski definition) is 4. The zero-order valence-electron chi connectivity index (χ0n) is 12.0. The lowest BCUT2D eigenvalue weighted by atomic mass is 10.1. The van der Waals surface area contributed by atoms with E-state index in [1.54, 1.807) is 17.2 Å². The van der Waals surface area contributed by atoms with Crippen molar-refractivity contribution in [1.82, 2.24) is 19.5 Å². The van der Waals surface area contributed by atoms with Crippen LogP contribution in [-0.2, 0) is 6.54 Å². The second-order valence-electron chi connectivity index (χ2n) is 5.20. The molecule has 6 heteroatoms. The van der Waals surface area contributed by atoms with Crippen LogP contribution >= 0.6 is 0 Å². The molecule has 2 heterocycles. The molecule has 2 aromatic heterocycles. The van der Waals surface area contributed by atoms with E-state index in [-0.39, 0.29) is 11.6 Å². The molecule has 0 aromatic carbocycles. The van der Waals surface area contributed by atoms with Crippen LogP contribution < -0.4 is 5.49 Å². The Bertz CT molecular complexity index is 589. The van der Waals surface area contributed by atoms with Crippen LogP contribution in [0.15, 0.2) is 12.7 Å². The van der Waals surface area contributed by atoms with E-state index in [0.717, 1.165) is 12.8 Å². The fourth-order valence-electron chi connectivity index (χ4n) is 2.36. The van der Waals surface area contributed by atoms with E-state index in [0.29, 0.717) is 17.7 Å². The van der Waals surface area contributed by atoms with E-state index in [4.69, 9.17) is 5.41 Å². The van der Waals surface area contributed by atoms with Gasteiger partial charge in [0.2, 0.25) is 0 Å². The number of aliphatic hydroxyl groups is 1. The number of hydrogen-bond donors (Lipinski definition) is 3. The van der Waals surface area contributed by atoms with Gasteiger partial charge < -0.3 is 14.7 Å². The van der Waals surface area contributed by atoms with E-state index in [9.17, 15) is 5.11 Å². The smallest absolute Gasteiger partial charge is 0.173 e. The fourth-order valence-corrected chi connectivity index (χ4v) is 2.36. The summed E-state index contributed by atoms with van der Waals surface area (Å²) < 4.78 is 1.81. The van der Waals surface area contributed by atoms with Gasteiger partial charge in [0.15, 0.2) is 11.1 Å². The average Bonchev–Trinajstić information content (AvgIpc) is 2.92. The molecule has 0 bridgehead atoms.